The standard InChI is InChI=1S/C31H39NO5/c1-31(2,3)37-30(34)32-17-16-28(25-12-14-27(15-13-25)35-19-7-6-18-33)29(21-32)36-22-23-10-11-24-8-4-5-9-26(24)20-23/h4-5,8-15,20,28-29,33H,6-7,16-19,21-22H2,1-3H3. The third kappa shape index (κ3) is 7.70. The molecule has 0 radical (unpaired) electrons. The third-order valence-corrected chi connectivity index (χ3v) is 6.62. The van der Waals surface area contributed by atoms with Gasteiger partial charge in [-0.1, -0.05) is 48.5 Å². The maximum atomic E-state index is 12.8. The van der Waals surface area contributed by atoms with Gasteiger partial charge in [0.2, 0.25) is 0 Å². The highest BCUT2D eigenvalue weighted by molar-refractivity contribution is 5.82. The first kappa shape index (κ1) is 27.0. The highest BCUT2D eigenvalue weighted by Gasteiger charge is 2.35. The van der Waals surface area contributed by atoms with Crippen LogP contribution in [0.1, 0.15) is 57.1 Å². The zero-order chi connectivity index (χ0) is 26.3. The van der Waals surface area contributed by atoms with E-state index >= 15 is 0 Å². The van der Waals surface area contributed by atoms with E-state index in [1.54, 1.807) is 4.90 Å². The van der Waals surface area contributed by atoms with E-state index in [1.807, 2.05) is 45.0 Å². The van der Waals surface area contributed by atoms with Crippen molar-refractivity contribution >= 4 is 16.9 Å². The Bertz CT molecular complexity index is 1150. The number of amides is 1. The van der Waals surface area contributed by atoms with Gasteiger partial charge in [0, 0.05) is 19.1 Å². The molecule has 0 saturated carbocycles. The molecule has 3 aromatic carbocycles. The van der Waals surface area contributed by atoms with Gasteiger partial charge < -0.3 is 24.2 Å². The topological polar surface area (TPSA) is 68.2 Å². The molecule has 6 heteroatoms. The predicted molar refractivity (Wildman–Crippen MR) is 146 cm³/mol. The van der Waals surface area contributed by atoms with Gasteiger partial charge in [0.1, 0.15) is 11.4 Å². The molecule has 1 saturated heterocycles. The second-order valence-electron chi connectivity index (χ2n) is 10.7. The number of fused-ring (bicyclic) bond motifs is 1. The van der Waals surface area contributed by atoms with Crippen molar-refractivity contribution in [1.82, 2.24) is 4.90 Å². The first-order chi connectivity index (χ1) is 17.8. The number of hydrogen-bond acceptors (Lipinski definition) is 5. The van der Waals surface area contributed by atoms with Gasteiger partial charge in [0.15, 0.2) is 0 Å². The van der Waals surface area contributed by atoms with Crippen LogP contribution in [0.5, 0.6) is 5.75 Å². The van der Waals surface area contributed by atoms with Crippen molar-refractivity contribution in [2.45, 2.75) is 64.3 Å². The summed E-state index contributed by atoms with van der Waals surface area (Å²) in [6, 6.07) is 22.9. The summed E-state index contributed by atoms with van der Waals surface area (Å²) in [4.78, 5) is 14.6. The fourth-order valence-electron chi connectivity index (χ4n) is 4.71. The molecule has 0 aromatic heterocycles. The number of carbonyl (C=O) groups excluding carboxylic acids is 1. The Labute approximate surface area is 220 Å². The number of aliphatic hydroxyl groups is 1. The molecule has 1 aliphatic rings. The first-order valence-electron chi connectivity index (χ1n) is 13.2. The molecule has 4 rings (SSSR count). The molecule has 1 N–H and O–H groups in total. The van der Waals surface area contributed by atoms with Gasteiger partial charge in [0.25, 0.3) is 0 Å². The summed E-state index contributed by atoms with van der Waals surface area (Å²) >= 11 is 0. The largest absolute Gasteiger partial charge is 0.494 e. The van der Waals surface area contributed by atoms with Crippen molar-refractivity contribution in [2.24, 2.45) is 0 Å². The van der Waals surface area contributed by atoms with Crippen LogP contribution in [0.2, 0.25) is 0 Å². The van der Waals surface area contributed by atoms with Gasteiger partial charge in [-0.15, -0.1) is 0 Å². The number of benzene rings is 3. The summed E-state index contributed by atoms with van der Waals surface area (Å²) in [7, 11) is 0. The smallest absolute Gasteiger partial charge is 0.410 e. The molecular weight excluding hydrogens is 466 g/mol. The number of likely N-dealkylation sites (tertiary alicyclic amines) is 1. The van der Waals surface area contributed by atoms with Crippen molar-refractivity contribution < 1.29 is 24.1 Å². The Balaban J connectivity index is 1.47. The molecule has 198 valence electrons. The summed E-state index contributed by atoms with van der Waals surface area (Å²) in [5, 5.41) is 11.3. The third-order valence-electron chi connectivity index (χ3n) is 6.62. The minimum absolute atomic E-state index is 0.155. The van der Waals surface area contributed by atoms with Crippen molar-refractivity contribution in [2.75, 3.05) is 26.3 Å². The Morgan fingerprint density at radius 1 is 1.00 bits per heavy atom. The lowest BCUT2D eigenvalue weighted by Gasteiger charge is -2.39. The molecule has 0 bridgehead atoms. The Hall–Kier alpha value is -3.09. The molecule has 37 heavy (non-hydrogen) atoms. The Morgan fingerprint density at radius 2 is 1.76 bits per heavy atom. The monoisotopic (exact) mass is 505 g/mol. The van der Waals surface area contributed by atoms with Crippen LogP contribution >= 0.6 is 0 Å². The lowest BCUT2D eigenvalue weighted by atomic mass is 9.87. The molecule has 1 fully saturated rings. The SMILES string of the molecule is CC(C)(C)OC(=O)N1CCC(c2ccc(OCCCCO)cc2)C(OCc2ccc3ccccc3c2)C1. The predicted octanol–water partition coefficient (Wildman–Crippen LogP) is 6.30. The average Bonchev–Trinajstić information content (AvgIpc) is 2.89. The molecule has 6 nitrogen and oxygen atoms in total. The van der Waals surface area contributed by atoms with Crippen molar-refractivity contribution in [3.8, 4) is 5.75 Å². The highest BCUT2D eigenvalue weighted by atomic mass is 16.6. The van der Waals surface area contributed by atoms with Crippen molar-refractivity contribution in [1.29, 1.82) is 0 Å². The number of aliphatic hydroxyl groups excluding tert-OH is 1. The normalized spacial score (nSPS) is 18.1. The zero-order valence-corrected chi connectivity index (χ0v) is 22.2. The number of rotatable bonds is 9. The van der Waals surface area contributed by atoms with Crippen LogP contribution in [0.25, 0.3) is 10.8 Å². The first-order valence-corrected chi connectivity index (χ1v) is 13.2. The van der Waals surface area contributed by atoms with Gasteiger partial charge >= 0.3 is 6.09 Å². The van der Waals surface area contributed by atoms with Gasteiger partial charge in [-0.3, -0.25) is 0 Å². The van der Waals surface area contributed by atoms with Crippen LogP contribution in [-0.4, -0.2) is 54.1 Å². The van der Waals surface area contributed by atoms with E-state index in [0.717, 1.165) is 30.6 Å². The molecule has 2 unspecified atom stereocenters. The molecule has 1 amide bonds. The lowest BCUT2D eigenvalue weighted by molar-refractivity contribution is -0.0359. The molecule has 3 aromatic rings. The molecule has 2 atom stereocenters. The maximum Gasteiger partial charge on any atom is 0.410 e. The van der Waals surface area contributed by atoms with Crippen LogP contribution in [0, 0.1) is 0 Å². The Kier molecular flexibility index (Phi) is 9.06. The summed E-state index contributed by atoms with van der Waals surface area (Å²) in [6.45, 7) is 8.01. The van der Waals surface area contributed by atoms with Crippen molar-refractivity contribution in [3.63, 3.8) is 0 Å². The van der Waals surface area contributed by atoms with Gasteiger partial charge in [-0.2, -0.15) is 0 Å². The van der Waals surface area contributed by atoms with E-state index in [4.69, 9.17) is 19.3 Å². The van der Waals surface area contributed by atoms with Gasteiger partial charge in [-0.05, 0) is 80.1 Å². The van der Waals surface area contributed by atoms with E-state index in [2.05, 4.69) is 42.5 Å². The average molecular weight is 506 g/mol. The molecule has 1 aliphatic heterocycles. The van der Waals surface area contributed by atoms with Crippen LogP contribution in [-0.2, 0) is 16.1 Å². The summed E-state index contributed by atoms with van der Waals surface area (Å²) in [5.41, 5.74) is 1.75. The van der Waals surface area contributed by atoms with E-state index in [-0.39, 0.29) is 24.7 Å². The quantitative estimate of drug-likeness (QED) is 0.346. The van der Waals surface area contributed by atoms with Crippen LogP contribution in [0.3, 0.4) is 0 Å². The lowest BCUT2D eigenvalue weighted by Crippen LogP contribution is -2.48. The minimum Gasteiger partial charge on any atom is -0.494 e. The zero-order valence-electron chi connectivity index (χ0n) is 22.2. The van der Waals surface area contributed by atoms with E-state index in [9.17, 15) is 4.79 Å². The number of carbonyl (C=O) groups is 1. The van der Waals surface area contributed by atoms with Crippen LogP contribution < -0.4 is 4.74 Å². The van der Waals surface area contributed by atoms with Crippen LogP contribution in [0.4, 0.5) is 4.79 Å². The number of ether oxygens (including phenoxy) is 3. The minimum atomic E-state index is -0.539. The second kappa shape index (κ2) is 12.4. The van der Waals surface area contributed by atoms with E-state index < -0.39 is 5.60 Å². The van der Waals surface area contributed by atoms with Gasteiger partial charge in [-0.25, -0.2) is 4.79 Å². The number of piperidine rings is 1. The number of hydrogen-bond donors (Lipinski definition) is 1. The molecule has 1 heterocycles. The summed E-state index contributed by atoms with van der Waals surface area (Å²) in [6.07, 6.45) is 1.90. The molecule has 0 aliphatic carbocycles. The Morgan fingerprint density at radius 3 is 2.49 bits per heavy atom. The highest BCUT2D eigenvalue weighted by Crippen LogP contribution is 2.33. The summed E-state index contributed by atoms with van der Waals surface area (Å²) < 4.78 is 18.0. The van der Waals surface area contributed by atoms with E-state index in [0.29, 0.717) is 26.3 Å². The van der Waals surface area contributed by atoms with Crippen molar-refractivity contribution in [3.05, 3.63) is 77.9 Å². The second-order valence-corrected chi connectivity index (χ2v) is 10.7. The number of nitrogens with zero attached hydrogens (tertiary/aromatic N) is 1. The van der Waals surface area contributed by atoms with Gasteiger partial charge in [0.05, 0.1) is 25.9 Å². The molecular formula is C31H39NO5. The fourth-order valence-corrected chi connectivity index (χ4v) is 4.71. The number of unbranched alkanes of at least 4 members (excludes halogenated alkanes) is 1. The fraction of sp³-hybridized carbons (Fsp3) is 0.452. The summed E-state index contributed by atoms with van der Waals surface area (Å²) in [5.74, 6) is 0.976. The van der Waals surface area contributed by atoms with Crippen LogP contribution in [0.15, 0.2) is 66.7 Å². The molecule has 0 spiro atoms. The maximum absolute atomic E-state index is 12.8. The van der Waals surface area contributed by atoms with E-state index in [1.165, 1.54) is 16.3 Å².